The van der Waals surface area contributed by atoms with Gasteiger partial charge in [-0.25, -0.2) is 0 Å². The summed E-state index contributed by atoms with van der Waals surface area (Å²) in [5.74, 6) is 0. The molecule has 0 fully saturated rings. The first kappa shape index (κ1) is 16.3. The van der Waals surface area contributed by atoms with Gasteiger partial charge in [-0.1, -0.05) is 0 Å². The summed E-state index contributed by atoms with van der Waals surface area (Å²) in [6.07, 6.45) is 17.4. The molecule has 0 amide bonds. The fraction of sp³-hybridized carbons (Fsp3) is 0.333. The van der Waals surface area contributed by atoms with Crippen molar-refractivity contribution < 1.29 is 0 Å². The third-order valence-corrected chi connectivity index (χ3v) is 25.1. The minimum atomic E-state index is 0.0945. The zero-order valence-electron chi connectivity index (χ0n) is 9.10. The summed E-state index contributed by atoms with van der Waals surface area (Å²) in [4.78, 5) is 0.759. The molecule has 4 atom stereocenters. The van der Waals surface area contributed by atoms with Gasteiger partial charge in [-0.3, -0.25) is 0 Å². The molecule has 6 heteroatoms. The molecule has 0 aromatic carbocycles. The van der Waals surface area contributed by atoms with Crippen LogP contribution in [0.3, 0.4) is 0 Å². The Balaban J connectivity index is 2.03. The molecule has 0 aromatic heterocycles. The molecule has 18 heavy (non-hydrogen) atoms. The third-order valence-electron chi connectivity index (χ3n) is 2.48. The summed E-state index contributed by atoms with van der Waals surface area (Å²) < 4.78 is 0.189. The summed E-state index contributed by atoms with van der Waals surface area (Å²) in [6, 6.07) is 0. The molecule has 0 aliphatic heterocycles. The standard InChI is InChI=1S/C12H10Br4Se2/c13-9-5-1-3-7-11(9,15)17-18-12(16)8-4-2-6-10(12)14/h1-10H. The zero-order chi connectivity index (χ0) is 13.2. The summed E-state index contributed by atoms with van der Waals surface area (Å²) in [7, 11) is 0. The molecule has 0 nitrogen and oxygen atoms in total. The Morgan fingerprint density at radius 3 is 1.44 bits per heavy atom. The average molecular weight is 632 g/mol. The van der Waals surface area contributed by atoms with Crippen LogP contribution < -0.4 is 0 Å². The van der Waals surface area contributed by atoms with Crippen LogP contribution in [-0.4, -0.2) is 42.4 Å². The molecule has 98 valence electrons. The average Bonchev–Trinajstić information content (AvgIpc) is 2.35. The Morgan fingerprint density at radius 1 is 0.722 bits per heavy atom. The van der Waals surface area contributed by atoms with Crippen molar-refractivity contribution in [1.82, 2.24) is 0 Å². The Kier molecular flexibility index (Phi) is 6.14. The van der Waals surface area contributed by atoms with Crippen LogP contribution in [0.2, 0.25) is 0 Å². The van der Waals surface area contributed by atoms with E-state index in [0.29, 0.717) is 35.9 Å². The van der Waals surface area contributed by atoms with Gasteiger partial charge in [0.15, 0.2) is 0 Å². The first-order valence-electron chi connectivity index (χ1n) is 5.21. The maximum atomic E-state index is 3.91. The molecular weight excluding hydrogens is 622 g/mol. The van der Waals surface area contributed by atoms with Gasteiger partial charge in [-0.15, -0.1) is 0 Å². The summed E-state index contributed by atoms with van der Waals surface area (Å²) in [5, 5.41) is 0. The van der Waals surface area contributed by atoms with Gasteiger partial charge in [0, 0.05) is 0 Å². The molecule has 0 aromatic rings. The fourth-order valence-corrected chi connectivity index (χ4v) is 18.2. The predicted octanol–water partition coefficient (Wildman–Crippen LogP) is 4.27. The normalized spacial score (nSPS) is 42.4. The van der Waals surface area contributed by atoms with Crippen LogP contribution in [0.25, 0.3) is 0 Å². The van der Waals surface area contributed by atoms with E-state index in [1.165, 1.54) is 0 Å². The molecule has 0 saturated heterocycles. The van der Waals surface area contributed by atoms with Gasteiger partial charge in [0.2, 0.25) is 0 Å². The van der Waals surface area contributed by atoms with Gasteiger partial charge in [0.1, 0.15) is 0 Å². The van der Waals surface area contributed by atoms with Crippen molar-refractivity contribution in [1.29, 1.82) is 0 Å². The predicted molar refractivity (Wildman–Crippen MR) is 96.8 cm³/mol. The molecule has 2 aliphatic carbocycles. The zero-order valence-corrected chi connectivity index (χ0v) is 18.9. The third kappa shape index (κ3) is 3.76. The first-order chi connectivity index (χ1) is 8.46. The Morgan fingerprint density at radius 2 is 1.11 bits per heavy atom. The number of hydrogen-bond donors (Lipinski definition) is 0. The minimum absolute atomic E-state index is 0.0945. The summed E-state index contributed by atoms with van der Waals surface area (Å²) in [6.45, 7) is 0. The van der Waals surface area contributed by atoms with Crippen molar-refractivity contribution in [2.75, 3.05) is 0 Å². The monoisotopic (exact) mass is 630 g/mol. The van der Waals surface area contributed by atoms with Crippen molar-refractivity contribution in [2.45, 2.75) is 16.1 Å². The van der Waals surface area contributed by atoms with E-state index in [9.17, 15) is 0 Å². The van der Waals surface area contributed by atoms with Gasteiger partial charge in [0.25, 0.3) is 0 Å². The van der Waals surface area contributed by atoms with Gasteiger partial charge in [-0.05, 0) is 0 Å². The molecule has 0 heterocycles. The molecule has 2 aliphatic rings. The van der Waals surface area contributed by atoms with E-state index in [1.54, 1.807) is 0 Å². The second-order valence-corrected chi connectivity index (χ2v) is 18.0. The van der Waals surface area contributed by atoms with Crippen LogP contribution in [0.4, 0.5) is 0 Å². The van der Waals surface area contributed by atoms with E-state index in [-0.39, 0.29) is 6.45 Å². The van der Waals surface area contributed by atoms with E-state index in [1.807, 2.05) is 0 Å². The van der Waals surface area contributed by atoms with Crippen molar-refractivity contribution in [3.05, 3.63) is 48.6 Å². The molecule has 4 unspecified atom stereocenters. The van der Waals surface area contributed by atoms with E-state index in [0.717, 1.165) is 0 Å². The van der Waals surface area contributed by atoms with Crippen LogP contribution in [0.15, 0.2) is 48.6 Å². The SMILES string of the molecule is BrC1C=CC=CC1(Br)[Se][Se]C1(Br)C=CC=CC1Br. The van der Waals surface area contributed by atoms with Gasteiger partial charge in [-0.2, -0.15) is 0 Å². The fourth-order valence-electron chi connectivity index (χ4n) is 1.42. The molecular formula is C12H10Br4Se2. The Hall–Kier alpha value is 1.92. The Labute approximate surface area is 153 Å². The van der Waals surface area contributed by atoms with Gasteiger partial charge < -0.3 is 0 Å². The van der Waals surface area contributed by atoms with Crippen LogP contribution in [0.5, 0.6) is 0 Å². The van der Waals surface area contributed by atoms with Crippen molar-refractivity contribution in [3.63, 3.8) is 0 Å². The molecule has 0 spiro atoms. The topological polar surface area (TPSA) is 0 Å². The van der Waals surface area contributed by atoms with E-state index < -0.39 is 0 Å². The van der Waals surface area contributed by atoms with E-state index in [4.69, 9.17) is 0 Å². The van der Waals surface area contributed by atoms with E-state index >= 15 is 0 Å². The maximum absolute atomic E-state index is 3.91. The van der Waals surface area contributed by atoms with Crippen LogP contribution >= 0.6 is 63.7 Å². The quantitative estimate of drug-likeness (QED) is 0.323. The summed E-state index contributed by atoms with van der Waals surface area (Å²) >= 11 is 16.3. The van der Waals surface area contributed by atoms with Crippen molar-refractivity contribution in [2.24, 2.45) is 0 Å². The van der Waals surface area contributed by atoms with Crippen molar-refractivity contribution >= 4 is 90.0 Å². The first-order valence-corrected chi connectivity index (χ1v) is 14.7. The number of alkyl halides is 4. The molecule has 0 N–H and O–H groups in total. The Bertz CT molecular complexity index is 392. The second-order valence-electron chi connectivity index (χ2n) is 3.85. The number of halogens is 4. The molecule has 2 rings (SSSR count). The van der Waals surface area contributed by atoms with E-state index in [2.05, 4.69) is 112 Å². The van der Waals surface area contributed by atoms with Gasteiger partial charge in [0.05, 0.1) is 0 Å². The number of rotatable bonds is 3. The molecule has 0 saturated carbocycles. The summed E-state index contributed by atoms with van der Waals surface area (Å²) in [5.41, 5.74) is 0. The number of allylic oxidation sites excluding steroid dienone is 8. The second kappa shape index (κ2) is 6.79. The molecule has 0 bridgehead atoms. The van der Waals surface area contributed by atoms with Crippen molar-refractivity contribution in [3.8, 4) is 0 Å². The van der Waals surface area contributed by atoms with Crippen LogP contribution in [-0.2, 0) is 0 Å². The van der Waals surface area contributed by atoms with Crippen LogP contribution in [0.1, 0.15) is 0 Å². The molecule has 0 radical (unpaired) electrons. The van der Waals surface area contributed by atoms with Gasteiger partial charge >= 0.3 is 155 Å². The number of hydrogen-bond acceptors (Lipinski definition) is 0. The van der Waals surface area contributed by atoms with Crippen LogP contribution in [0, 0.1) is 0 Å².